The van der Waals surface area contributed by atoms with Gasteiger partial charge in [-0.25, -0.2) is 9.78 Å². The molecule has 3 rings (SSSR count). The second-order valence-corrected chi connectivity index (χ2v) is 5.78. The molecule has 0 radical (unpaired) electrons. The molecule has 0 N–H and O–H groups in total. The highest BCUT2D eigenvalue weighted by Gasteiger charge is 2.21. The van der Waals surface area contributed by atoms with Crippen LogP contribution >= 0.6 is 0 Å². The molecule has 126 valence electrons. The Morgan fingerprint density at radius 3 is 2.57 bits per heavy atom. The summed E-state index contributed by atoms with van der Waals surface area (Å²) >= 11 is 0. The maximum atomic E-state index is 12.1. The van der Waals surface area contributed by atoms with Crippen LogP contribution in [0.15, 0.2) is 6.07 Å². The first-order valence-corrected chi connectivity index (χ1v) is 8.42. The summed E-state index contributed by atoms with van der Waals surface area (Å²) in [6.07, 6.45) is 3.57. The van der Waals surface area contributed by atoms with E-state index in [4.69, 9.17) is 14.5 Å². The zero-order chi connectivity index (χ0) is 16.1. The molecular formula is C16H24N4O3. The Morgan fingerprint density at radius 1 is 1.13 bits per heavy atom. The van der Waals surface area contributed by atoms with Gasteiger partial charge in [0.05, 0.1) is 19.8 Å². The van der Waals surface area contributed by atoms with Crippen molar-refractivity contribution in [1.29, 1.82) is 0 Å². The lowest BCUT2D eigenvalue weighted by molar-refractivity contribution is 0.0519. The smallest absolute Gasteiger partial charge is 0.357 e. The van der Waals surface area contributed by atoms with E-state index in [0.29, 0.717) is 31.5 Å². The van der Waals surface area contributed by atoms with E-state index in [1.165, 1.54) is 6.42 Å². The molecule has 1 aromatic heterocycles. The highest BCUT2D eigenvalue weighted by Crippen LogP contribution is 2.22. The van der Waals surface area contributed by atoms with Gasteiger partial charge >= 0.3 is 5.97 Å². The number of rotatable bonds is 4. The van der Waals surface area contributed by atoms with Gasteiger partial charge in [-0.05, 0) is 26.2 Å². The maximum absolute atomic E-state index is 12.1. The molecule has 0 aliphatic carbocycles. The van der Waals surface area contributed by atoms with Crippen LogP contribution in [0, 0.1) is 0 Å². The van der Waals surface area contributed by atoms with Crippen LogP contribution in [0.5, 0.6) is 0 Å². The Kier molecular flexibility index (Phi) is 5.27. The average Bonchev–Trinajstić information content (AvgIpc) is 2.63. The Bertz CT molecular complexity index is 504. The van der Waals surface area contributed by atoms with Crippen molar-refractivity contribution in [2.75, 3.05) is 55.8 Å². The summed E-state index contributed by atoms with van der Waals surface area (Å²) < 4.78 is 10.5. The third-order valence-corrected chi connectivity index (χ3v) is 4.16. The molecule has 7 nitrogen and oxygen atoms in total. The van der Waals surface area contributed by atoms with Gasteiger partial charge in [-0.3, -0.25) is 0 Å². The van der Waals surface area contributed by atoms with Gasteiger partial charge in [0, 0.05) is 32.2 Å². The van der Waals surface area contributed by atoms with E-state index in [0.717, 1.165) is 44.8 Å². The number of nitrogens with zero attached hydrogens (tertiary/aromatic N) is 4. The lowest BCUT2D eigenvalue weighted by Crippen LogP contribution is -2.38. The Morgan fingerprint density at radius 2 is 1.87 bits per heavy atom. The van der Waals surface area contributed by atoms with E-state index >= 15 is 0 Å². The van der Waals surface area contributed by atoms with Crippen molar-refractivity contribution in [2.45, 2.75) is 26.2 Å². The third-order valence-electron chi connectivity index (χ3n) is 4.16. The van der Waals surface area contributed by atoms with Gasteiger partial charge in [0.15, 0.2) is 5.69 Å². The zero-order valence-corrected chi connectivity index (χ0v) is 13.7. The van der Waals surface area contributed by atoms with Crippen LogP contribution < -0.4 is 9.80 Å². The van der Waals surface area contributed by atoms with Crippen LogP contribution in [-0.2, 0) is 9.47 Å². The van der Waals surface area contributed by atoms with E-state index in [-0.39, 0.29) is 5.97 Å². The highest BCUT2D eigenvalue weighted by molar-refractivity contribution is 5.88. The van der Waals surface area contributed by atoms with Gasteiger partial charge in [0.1, 0.15) is 5.82 Å². The average molecular weight is 320 g/mol. The first-order chi connectivity index (χ1) is 11.3. The molecule has 23 heavy (non-hydrogen) atoms. The van der Waals surface area contributed by atoms with Crippen molar-refractivity contribution in [3.8, 4) is 0 Å². The Hall–Kier alpha value is -1.89. The molecule has 0 bridgehead atoms. The molecule has 7 heteroatoms. The third kappa shape index (κ3) is 3.90. The van der Waals surface area contributed by atoms with Crippen molar-refractivity contribution < 1.29 is 14.3 Å². The summed E-state index contributed by atoms with van der Waals surface area (Å²) in [5.41, 5.74) is 0.337. The molecule has 0 amide bonds. The largest absolute Gasteiger partial charge is 0.461 e. The number of ether oxygens (including phenoxy) is 2. The first-order valence-electron chi connectivity index (χ1n) is 8.42. The van der Waals surface area contributed by atoms with Gasteiger partial charge in [-0.2, -0.15) is 4.98 Å². The standard InChI is InChI=1S/C16H24N4O3/c1-2-23-15(21)13-12-14(19-6-4-3-5-7-19)18-16(17-13)20-8-10-22-11-9-20/h12H,2-11H2,1H3. The molecule has 1 aromatic rings. The molecule has 0 atom stereocenters. The lowest BCUT2D eigenvalue weighted by Gasteiger charge is -2.30. The van der Waals surface area contributed by atoms with Crippen LogP contribution in [-0.4, -0.2) is 61.9 Å². The Labute approximate surface area is 136 Å². The molecule has 0 aromatic carbocycles. The predicted molar refractivity (Wildman–Crippen MR) is 87.1 cm³/mol. The molecule has 2 saturated heterocycles. The molecule has 0 spiro atoms. The van der Waals surface area contributed by atoms with E-state index in [1.807, 2.05) is 0 Å². The minimum Gasteiger partial charge on any atom is -0.461 e. The van der Waals surface area contributed by atoms with Crippen molar-refractivity contribution in [3.63, 3.8) is 0 Å². The van der Waals surface area contributed by atoms with Crippen molar-refractivity contribution in [3.05, 3.63) is 11.8 Å². The van der Waals surface area contributed by atoms with Gasteiger partial charge in [0.25, 0.3) is 0 Å². The zero-order valence-electron chi connectivity index (χ0n) is 13.7. The van der Waals surface area contributed by atoms with E-state index in [2.05, 4.69) is 14.8 Å². The molecule has 2 aliphatic heterocycles. The number of carbonyl (C=O) groups is 1. The number of aromatic nitrogens is 2. The van der Waals surface area contributed by atoms with Gasteiger partial charge < -0.3 is 19.3 Å². The minimum atomic E-state index is -0.386. The van der Waals surface area contributed by atoms with Crippen LogP contribution in [0.3, 0.4) is 0 Å². The molecule has 0 saturated carbocycles. The first kappa shape index (κ1) is 16.0. The topological polar surface area (TPSA) is 67.8 Å². The van der Waals surface area contributed by atoms with E-state index < -0.39 is 0 Å². The summed E-state index contributed by atoms with van der Waals surface area (Å²) in [6, 6.07) is 1.76. The maximum Gasteiger partial charge on any atom is 0.357 e. The van der Waals surface area contributed by atoms with Crippen LogP contribution in [0.1, 0.15) is 36.7 Å². The fraction of sp³-hybridized carbons (Fsp3) is 0.688. The molecule has 2 fully saturated rings. The lowest BCUT2D eigenvalue weighted by atomic mass is 10.1. The normalized spacial score (nSPS) is 18.8. The monoisotopic (exact) mass is 320 g/mol. The van der Waals surface area contributed by atoms with E-state index in [1.54, 1.807) is 13.0 Å². The van der Waals surface area contributed by atoms with Crippen LogP contribution in [0.4, 0.5) is 11.8 Å². The SMILES string of the molecule is CCOC(=O)c1cc(N2CCCCC2)nc(N2CCOCC2)n1. The number of esters is 1. The second-order valence-electron chi connectivity index (χ2n) is 5.78. The highest BCUT2D eigenvalue weighted by atomic mass is 16.5. The summed E-state index contributed by atoms with van der Waals surface area (Å²) in [5.74, 6) is 1.03. The number of anilines is 2. The molecule has 2 aliphatic rings. The quantitative estimate of drug-likeness (QED) is 0.778. The number of piperidine rings is 1. The van der Waals surface area contributed by atoms with Crippen molar-refractivity contribution in [2.24, 2.45) is 0 Å². The van der Waals surface area contributed by atoms with Crippen molar-refractivity contribution >= 4 is 17.7 Å². The molecule has 3 heterocycles. The number of morpholine rings is 1. The summed E-state index contributed by atoms with van der Waals surface area (Å²) in [5, 5.41) is 0. The summed E-state index contributed by atoms with van der Waals surface area (Å²) in [7, 11) is 0. The number of hydrogen-bond acceptors (Lipinski definition) is 7. The second kappa shape index (κ2) is 7.59. The fourth-order valence-electron chi connectivity index (χ4n) is 2.92. The van der Waals surface area contributed by atoms with E-state index in [9.17, 15) is 4.79 Å². The van der Waals surface area contributed by atoms with Crippen LogP contribution in [0.25, 0.3) is 0 Å². The summed E-state index contributed by atoms with van der Waals surface area (Å²) in [6.45, 7) is 6.89. The fourth-order valence-corrected chi connectivity index (χ4v) is 2.92. The molecule has 0 unspecified atom stereocenters. The predicted octanol–water partition coefficient (Wildman–Crippen LogP) is 1.48. The van der Waals surface area contributed by atoms with Gasteiger partial charge in [-0.15, -0.1) is 0 Å². The summed E-state index contributed by atoms with van der Waals surface area (Å²) in [4.78, 5) is 25.6. The Balaban J connectivity index is 1.90. The van der Waals surface area contributed by atoms with Gasteiger partial charge in [-0.1, -0.05) is 0 Å². The molecular weight excluding hydrogens is 296 g/mol. The number of carbonyl (C=O) groups excluding carboxylic acids is 1. The number of hydrogen-bond donors (Lipinski definition) is 0. The van der Waals surface area contributed by atoms with Crippen molar-refractivity contribution in [1.82, 2.24) is 9.97 Å². The van der Waals surface area contributed by atoms with Crippen LogP contribution in [0.2, 0.25) is 0 Å². The minimum absolute atomic E-state index is 0.337. The van der Waals surface area contributed by atoms with Gasteiger partial charge in [0.2, 0.25) is 5.95 Å².